The SMILES string of the molecule is CCO[C@@H]1C[C@H]2C(=O)NC3(CCC3)C(=O)N(C)[C@@H](C(CC)CC)C(=O)N(C)[C@H](C(=O)N3CCCCC3)CC(=O)N(C)[C@H]3CCCC/C=C/C4CCC(CC4)C[C@@H](C(=O)N(C)CC(=O)N[C@@H](CCC4CCC(Cl)C(Cl)C4)C(=O)N2C1)N1CC/C=C\C[C@@H](C1=O)N(C)C(=O)CN(C)C(=O)[C@H]([C@@H](C)CC)NC3=O. The molecule has 3 saturated heterocycles. The fraction of sp³-hybridized carbons (Fsp3) is 0.795. The van der Waals surface area contributed by atoms with Gasteiger partial charge in [-0.3, -0.25) is 57.5 Å². The van der Waals surface area contributed by atoms with E-state index in [4.69, 9.17) is 27.9 Å². The molecular formula is C78H124Cl2N12O13. The number of carbonyl (C=O) groups is 12. The minimum absolute atomic E-state index is 0.00933. The molecule has 0 radical (unpaired) electrons. The predicted molar refractivity (Wildman–Crippen MR) is 402 cm³/mol. The standard InChI is InChI=1S/C78H124Cl2N12O13/c1-12-50(5)67-75(102)85(7)49-66(95)87(9)60-29-22-18-25-42-91(74(60)101)63-44-53-32-30-51(31-33-53)27-20-16-17-21-28-59(69(96)82-67)86(8)65(94)46-62(73(100)90-40-23-19-24-41-90)88(10)76(103)68(54(13-2)14-3)89(11)77(104)78(38-26-39-78)83-70(97)61-45-55(105-15-4)47-92(61)71(98)58(81-64(93)48-84(6)72(63)99)37-35-52-34-36-56(79)57(80)43-52/h18,20,22,27,50-63,67-68H,12-17,19,21,23-26,28-49H2,1-11H3,(H,81,93)(H,82,96)(H,83,97)/b22-18-,27-20+/t50-,51?,52?,53?,55+,56?,57?,58-,59-,60-,61-,62-,63-,67-,68-/m0/s1. The summed E-state index contributed by atoms with van der Waals surface area (Å²) in [6, 6.07) is -9.50. The Balaban J connectivity index is 1.25. The molecule has 12 amide bonds. The molecule has 3 saturated carbocycles. The molecule has 105 heavy (non-hydrogen) atoms. The summed E-state index contributed by atoms with van der Waals surface area (Å²) in [5.74, 6) is -7.50. The summed E-state index contributed by atoms with van der Waals surface area (Å²) < 4.78 is 6.17. The normalized spacial score (nSPS) is 32.6. The zero-order chi connectivity index (χ0) is 76.6. The van der Waals surface area contributed by atoms with Crippen LogP contribution in [0.2, 0.25) is 0 Å². The number of likely N-dealkylation sites (tertiary alicyclic amines) is 1. The zero-order valence-corrected chi connectivity index (χ0v) is 66.2. The van der Waals surface area contributed by atoms with Crippen LogP contribution in [0.4, 0.5) is 0 Å². The number of nitrogens with zero attached hydrogens (tertiary/aromatic N) is 9. The van der Waals surface area contributed by atoms with E-state index in [2.05, 4.69) is 28.1 Å². The minimum Gasteiger partial charge on any atom is -0.377 e. The van der Waals surface area contributed by atoms with Crippen LogP contribution in [0.1, 0.15) is 208 Å². The van der Waals surface area contributed by atoms with Gasteiger partial charge < -0.3 is 64.8 Å². The first-order valence-electron chi connectivity index (χ1n) is 39.7. The highest BCUT2D eigenvalue weighted by Gasteiger charge is 2.54. The number of nitrogens with one attached hydrogen (secondary N) is 3. The molecule has 27 heteroatoms. The number of halogens is 2. The van der Waals surface area contributed by atoms with Crippen LogP contribution in [0.25, 0.3) is 0 Å². The van der Waals surface area contributed by atoms with Crippen molar-refractivity contribution in [3.05, 3.63) is 24.3 Å². The third kappa shape index (κ3) is 20.9. The van der Waals surface area contributed by atoms with Crippen molar-refractivity contribution >= 4 is 94.1 Å². The molecule has 3 aliphatic carbocycles. The van der Waals surface area contributed by atoms with Crippen molar-refractivity contribution in [1.82, 2.24) is 60.0 Å². The highest BCUT2D eigenvalue weighted by atomic mass is 35.5. The Labute approximate surface area is 634 Å². The summed E-state index contributed by atoms with van der Waals surface area (Å²) in [6.45, 7) is 9.48. The van der Waals surface area contributed by atoms with E-state index in [-0.39, 0.29) is 93.2 Å². The lowest BCUT2D eigenvalue weighted by molar-refractivity contribution is -0.158. The van der Waals surface area contributed by atoms with Gasteiger partial charge in [0.15, 0.2) is 0 Å². The number of hydrogen-bond donors (Lipinski definition) is 3. The second-order valence-corrected chi connectivity index (χ2v) is 32.8. The number of ether oxygens (including phenoxy) is 1. The summed E-state index contributed by atoms with van der Waals surface area (Å²) in [7, 11) is 8.98. The molecule has 1 spiro atoms. The van der Waals surface area contributed by atoms with Crippen molar-refractivity contribution in [2.24, 2.45) is 29.6 Å². The number of hydrogen-bond acceptors (Lipinski definition) is 13. The molecule has 13 atom stereocenters. The predicted octanol–water partition coefficient (Wildman–Crippen LogP) is 6.79. The third-order valence-corrected chi connectivity index (χ3v) is 25.8. The Hall–Kier alpha value is -6.34. The average molecular weight is 1510 g/mol. The largest absolute Gasteiger partial charge is 0.377 e. The summed E-state index contributed by atoms with van der Waals surface area (Å²) in [5.41, 5.74) is -1.52. The second-order valence-electron chi connectivity index (χ2n) is 31.7. The summed E-state index contributed by atoms with van der Waals surface area (Å²) in [5, 5.41) is 8.60. The number of alkyl halides is 2. The number of piperidine rings is 1. The van der Waals surface area contributed by atoms with Crippen molar-refractivity contribution < 1.29 is 62.3 Å². The lowest BCUT2D eigenvalue weighted by atomic mass is 9.74. The molecule has 11 aliphatic rings. The number of amides is 12. The number of carbonyl (C=O) groups excluding carboxylic acids is 12. The van der Waals surface area contributed by atoms with Crippen molar-refractivity contribution in [1.29, 1.82) is 0 Å². The van der Waals surface area contributed by atoms with Gasteiger partial charge in [0.2, 0.25) is 70.9 Å². The topological polar surface area (TPSA) is 279 Å². The van der Waals surface area contributed by atoms with E-state index in [1.165, 1.54) is 76.6 Å². The molecule has 0 aromatic heterocycles. The van der Waals surface area contributed by atoms with Crippen LogP contribution in [0.3, 0.4) is 0 Å². The quantitative estimate of drug-likeness (QED) is 0.142. The maximum atomic E-state index is 15.9. The smallest absolute Gasteiger partial charge is 0.248 e. The fourth-order valence-electron chi connectivity index (χ4n) is 17.4. The Bertz CT molecular complexity index is 3120. The molecular weight excluding hydrogens is 1380 g/mol. The lowest BCUT2D eigenvalue weighted by Crippen LogP contribution is -2.68. The van der Waals surface area contributed by atoms with Crippen molar-refractivity contribution in [3.63, 3.8) is 0 Å². The Morgan fingerprint density at radius 2 is 1.27 bits per heavy atom. The monoisotopic (exact) mass is 1510 g/mol. The maximum Gasteiger partial charge on any atom is 0.248 e. The first-order valence-corrected chi connectivity index (χ1v) is 40.5. The molecule has 0 aromatic rings. The van der Waals surface area contributed by atoms with Crippen LogP contribution < -0.4 is 16.0 Å². The van der Waals surface area contributed by atoms with Gasteiger partial charge >= 0.3 is 0 Å². The average Bonchev–Trinajstić information content (AvgIpc) is 1.74. The minimum atomic E-state index is -1.52. The highest BCUT2D eigenvalue weighted by molar-refractivity contribution is 6.30. The molecule has 0 aromatic carbocycles. The van der Waals surface area contributed by atoms with Gasteiger partial charge in [0.25, 0.3) is 0 Å². The van der Waals surface area contributed by atoms with Gasteiger partial charge in [0.05, 0.1) is 31.0 Å². The molecule has 588 valence electrons. The number of rotatable bonds is 11. The van der Waals surface area contributed by atoms with Gasteiger partial charge in [-0.2, -0.15) is 0 Å². The zero-order valence-electron chi connectivity index (χ0n) is 64.7. The molecule has 3 unspecified atom stereocenters. The number of allylic oxidation sites excluding steroid dienone is 2. The molecule has 25 nitrogen and oxygen atoms in total. The highest BCUT2D eigenvalue weighted by Crippen LogP contribution is 2.39. The van der Waals surface area contributed by atoms with Crippen LogP contribution in [0, 0.1) is 29.6 Å². The molecule has 8 heterocycles. The van der Waals surface area contributed by atoms with Gasteiger partial charge in [0.1, 0.15) is 53.9 Å². The fourth-order valence-corrected chi connectivity index (χ4v) is 18.0. The first kappa shape index (κ1) is 84.3. The Morgan fingerprint density at radius 1 is 0.581 bits per heavy atom. The molecule has 11 rings (SSSR count). The van der Waals surface area contributed by atoms with Crippen molar-refractivity contribution in [2.75, 3.05) is 88.2 Å². The summed E-state index contributed by atoms with van der Waals surface area (Å²) >= 11 is 13.4. The van der Waals surface area contributed by atoms with E-state index >= 15 is 43.2 Å². The van der Waals surface area contributed by atoms with Crippen LogP contribution >= 0.6 is 23.2 Å². The van der Waals surface area contributed by atoms with E-state index in [1.807, 2.05) is 46.8 Å². The molecule has 3 N–H and O–H groups in total. The first-order chi connectivity index (χ1) is 50.1. The van der Waals surface area contributed by atoms with Crippen LogP contribution in [-0.4, -0.2) is 274 Å². The van der Waals surface area contributed by atoms with Gasteiger partial charge in [-0.1, -0.05) is 77.7 Å². The second kappa shape index (κ2) is 39.2. The van der Waals surface area contributed by atoms with Crippen molar-refractivity contribution in [2.45, 2.75) is 279 Å². The van der Waals surface area contributed by atoms with E-state index in [0.29, 0.717) is 96.6 Å². The molecule has 6 fully saturated rings. The van der Waals surface area contributed by atoms with Crippen LogP contribution in [0.5, 0.6) is 0 Å². The van der Waals surface area contributed by atoms with Crippen LogP contribution in [0.15, 0.2) is 24.3 Å². The van der Waals surface area contributed by atoms with Crippen LogP contribution in [-0.2, 0) is 62.3 Å². The maximum absolute atomic E-state index is 15.9. The Morgan fingerprint density at radius 3 is 1.91 bits per heavy atom. The van der Waals surface area contributed by atoms with Gasteiger partial charge in [-0.05, 0) is 171 Å². The van der Waals surface area contributed by atoms with E-state index in [9.17, 15) is 14.4 Å². The molecule has 8 aliphatic heterocycles. The third-order valence-electron chi connectivity index (χ3n) is 24.7. The van der Waals surface area contributed by atoms with E-state index < -0.39 is 162 Å². The Kier molecular flexibility index (Phi) is 31.4. The van der Waals surface area contributed by atoms with Gasteiger partial charge in [-0.25, -0.2) is 0 Å². The summed E-state index contributed by atoms with van der Waals surface area (Å²) in [4.78, 5) is 197. The van der Waals surface area contributed by atoms with Crippen molar-refractivity contribution in [3.8, 4) is 0 Å². The van der Waals surface area contributed by atoms with Gasteiger partial charge in [0, 0.05) is 86.9 Å². The number of likely N-dealkylation sites (N-methyl/N-ethyl adjacent to an activating group) is 6. The van der Waals surface area contributed by atoms with E-state index in [1.54, 1.807) is 9.80 Å². The van der Waals surface area contributed by atoms with Gasteiger partial charge in [-0.15, -0.1) is 23.2 Å². The summed E-state index contributed by atoms with van der Waals surface area (Å²) in [6.07, 6.45) is 20.0. The lowest BCUT2D eigenvalue weighted by Gasteiger charge is -2.47. The van der Waals surface area contributed by atoms with E-state index in [0.717, 1.165) is 38.5 Å². The molecule has 6 bridgehead atoms.